The summed E-state index contributed by atoms with van der Waals surface area (Å²) in [6.45, 7) is 4.91. The number of aryl methyl sites for hydroxylation is 1. The summed E-state index contributed by atoms with van der Waals surface area (Å²) in [4.78, 5) is 19.6. The zero-order valence-electron chi connectivity index (χ0n) is 21.8. The SMILES string of the molecule is Cc1cc([C@@H]2[C@@H](c3ccccn3)NC(=S)N2CCC(=O)Nc2ccccc2)c(C)n1-c1ccc2c(c1)OCO2. The number of nitrogens with one attached hydrogen (secondary N) is 2. The average Bonchev–Trinajstić information content (AvgIpc) is 3.63. The summed E-state index contributed by atoms with van der Waals surface area (Å²) in [5.74, 6) is 1.43. The standard InChI is InChI=1S/C30H29N5O3S/c1-19-16-23(20(2)35(19)22-11-12-25-26(17-22)38-18-37-25)29-28(24-10-6-7-14-31-24)33-30(39)34(29)15-13-27(36)32-21-8-4-3-5-9-21/h3-12,14,16-17,28-29H,13,15,18H2,1-2H3,(H,32,36)(H,33,39)/t28-,29-/m1/s1. The number of carbonyl (C=O) groups is 1. The first-order chi connectivity index (χ1) is 19.0. The van der Waals surface area contributed by atoms with Crippen molar-refractivity contribution in [3.05, 3.63) is 102 Å². The maximum absolute atomic E-state index is 12.8. The Morgan fingerprint density at radius 1 is 1.05 bits per heavy atom. The summed E-state index contributed by atoms with van der Waals surface area (Å²) in [5.41, 5.74) is 5.96. The van der Waals surface area contributed by atoms with Crippen molar-refractivity contribution in [3.63, 3.8) is 0 Å². The molecule has 0 unspecified atom stereocenters. The van der Waals surface area contributed by atoms with E-state index in [2.05, 4.69) is 45.0 Å². The van der Waals surface area contributed by atoms with Crippen LogP contribution in [-0.4, -0.2) is 38.8 Å². The molecule has 6 rings (SSSR count). The highest BCUT2D eigenvalue weighted by Crippen LogP contribution is 2.42. The molecule has 2 N–H and O–H groups in total. The van der Waals surface area contributed by atoms with E-state index in [0.29, 0.717) is 18.1 Å². The topological polar surface area (TPSA) is 80.7 Å². The van der Waals surface area contributed by atoms with Crippen LogP contribution >= 0.6 is 12.2 Å². The summed E-state index contributed by atoms with van der Waals surface area (Å²) >= 11 is 5.82. The van der Waals surface area contributed by atoms with Crippen LogP contribution in [0.3, 0.4) is 0 Å². The summed E-state index contributed by atoms with van der Waals surface area (Å²) in [7, 11) is 0. The number of hydrogen-bond donors (Lipinski definition) is 2. The Hall–Kier alpha value is -4.37. The molecule has 4 aromatic rings. The number of amides is 1. The Morgan fingerprint density at radius 3 is 2.64 bits per heavy atom. The zero-order valence-corrected chi connectivity index (χ0v) is 22.6. The molecule has 2 aliphatic rings. The lowest BCUT2D eigenvalue weighted by molar-refractivity contribution is -0.116. The number of pyridine rings is 1. The molecule has 0 bridgehead atoms. The van der Waals surface area contributed by atoms with Crippen molar-refractivity contribution in [2.45, 2.75) is 32.4 Å². The molecule has 4 heterocycles. The fraction of sp³-hybridized carbons (Fsp3) is 0.233. The molecule has 0 spiro atoms. The number of para-hydroxylation sites is 1. The van der Waals surface area contributed by atoms with Crippen molar-refractivity contribution in [1.29, 1.82) is 0 Å². The summed E-state index contributed by atoms with van der Waals surface area (Å²) in [5, 5.41) is 7.07. The van der Waals surface area contributed by atoms with Crippen LogP contribution in [0.2, 0.25) is 0 Å². The van der Waals surface area contributed by atoms with Gasteiger partial charge >= 0.3 is 0 Å². The van der Waals surface area contributed by atoms with E-state index in [0.717, 1.165) is 45.5 Å². The number of thiocarbonyl (C=S) groups is 1. The normalized spacial score (nSPS) is 17.8. The van der Waals surface area contributed by atoms with Crippen LogP contribution in [0.4, 0.5) is 5.69 Å². The Kier molecular flexibility index (Phi) is 6.66. The van der Waals surface area contributed by atoms with E-state index in [9.17, 15) is 4.79 Å². The number of rotatable bonds is 7. The number of ether oxygens (including phenoxy) is 2. The number of hydrogen-bond acceptors (Lipinski definition) is 5. The molecule has 1 fully saturated rings. The van der Waals surface area contributed by atoms with Crippen molar-refractivity contribution >= 4 is 28.9 Å². The first-order valence-corrected chi connectivity index (χ1v) is 13.3. The molecule has 2 aliphatic heterocycles. The predicted molar refractivity (Wildman–Crippen MR) is 153 cm³/mol. The Bertz CT molecular complexity index is 1520. The maximum Gasteiger partial charge on any atom is 0.231 e. The van der Waals surface area contributed by atoms with Crippen molar-refractivity contribution < 1.29 is 14.3 Å². The minimum Gasteiger partial charge on any atom is -0.454 e. The second-order valence-corrected chi connectivity index (χ2v) is 10.1. The molecule has 198 valence electrons. The average molecular weight is 540 g/mol. The van der Waals surface area contributed by atoms with Gasteiger partial charge in [-0.25, -0.2) is 0 Å². The van der Waals surface area contributed by atoms with E-state index in [1.807, 2.05) is 66.7 Å². The van der Waals surface area contributed by atoms with Crippen molar-refractivity contribution in [2.24, 2.45) is 0 Å². The van der Waals surface area contributed by atoms with E-state index >= 15 is 0 Å². The van der Waals surface area contributed by atoms with E-state index in [1.54, 1.807) is 6.20 Å². The predicted octanol–water partition coefficient (Wildman–Crippen LogP) is 5.22. The smallest absolute Gasteiger partial charge is 0.231 e. The Labute approximate surface area is 232 Å². The quantitative estimate of drug-likeness (QED) is 0.312. The highest BCUT2D eigenvalue weighted by molar-refractivity contribution is 7.80. The van der Waals surface area contributed by atoms with Crippen molar-refractivity contribution in [3.8, 4) is 17.2 Å². The molecular weight excluding hydrogens is 510 g/mol. The zero-order chi connectivity index (χ0) is 26.9. The van der Waals surface area contributed by atoms with Gasteiger partial charge in [0.15, 0.2) is 16.6 Å². The van der Waals surface area contributed by atoms with Gasteiger partial charge in [0, 0.05) is 48.0 Å². The Balaban J connectivity index is 1.33. The van der Waals surface area contributed by atoms with Gasteiger partial charge in [-0.1, -0.05) is 24.3 Å². The fourth-order valence-electron chi connectivity index (χ4n) is 5.46. The van der Waals surface area contributed by atoms with Gasteiger partial charge in [0.25, 0.3) is 0 Å². The first-order valence-electron chi connectivity index (χ1n) is 12.9. The third-order valence-electron chi connectivity index (χ3n) is 7.24. The molecule has 0 saturated carbocycles. The molecule has 8 nitrogen and oxygen atoms in total. The van der Waals surface area contributed by atoms with Gasteiger partial charge in [0.05, 0.1) is 17.8 Å². The summed E-state index contributed by atoms with van der Waals surface area (Å²) < 4.78 is 13.4. The largest absolute Gasteiger partial charge is 0.454 e. The van der Waals surface area contributed by atoms with Crippen LogP contribution in [0.1, 0.15) is 41.1 Å². The van der Waals surface area contributed by atoms with Gasteiger partial charge in [-0.15, -0.1) is 0 Å². The van der Waals surface area contributed by atoms with Crippen LogP contribution in [0.15, 0.2) is 79.0 Å². The van der Waals surface area contributed by atoms with E-state index < -0.39 is 0 Å². The van der Waals surface area contributed by atoms with Crippen molar-refractivity contribution in [2.75, 3.05) is 18.7 Å². The van der Waals surface area contributed by atoms with E-state index in [1.165, 1.54) is 0 Å². The van der Waals surface area contributed by atoms with Gasteiger partial charge < -0.3 is 29.6 Å². The minimum absolute atomic E-state index is 0.0603. The number of nitrogens with zero attached hydrogens (tertiary/aromatic N) is 3. The van der Waals surface area contributed by atoms with Crippen molar-refractivity contribution in [1.82, 2.24) is 19.8 Å². The molecular formula is C30H29N5O3S. The first kappa shape index (κ1) is 24.9. The lowest BCUT2D eigenvalue weighted by Gasteiger charge is -2.28. The molecule has 1 amide bonds. The maximum atomic E-state index is 12.8. The molecule has 1 saturated heterocycles. The van der Waals surface area contributed by atoms with Crippen LogP contribution in [-0.2, 0) is 4.79 Å². The number of benzene rings is 2. The molecule has 0 aliphatic carbocycles. The summed E-state index contributed by atoms with van der Waals surface area (Å²) in [6, 6.07) is 23.3. The Morgan fingerprint density at radius 2 is 1.85 bits per heavy atom. The van der Waals surface area contributed by atoms with Crippen LogP contribution in [0, 0.1) is 13.8 Å². The number of aromatic nitrogens is 2. The number of anilines is 1. The lowest BCUT2D eigenvalue weighted by atomic mass is 9.96. The molecule has 0 radical (unpaired) electrons. The van der Waals surface area contributed by atoms with Gasteiger partial charge in [0.2, 0.25) is 12.7 Å². The lowest BCUT2D eigenvalue weighted by Crippen LogP contribution is -2.32. The molecule has 2 aromatic carbocycles. The highest BCUT2D eigenvalue weighted by atomic mass is 32.1. The fourth-order valence-corrected chi connectivity index (χ4v) is 5.79. The monoisotopic (exact) mass is 539 g/mol. The third-order valence-corrected chi connectivity index (χ3v) is 7.59. The molecule has 2 atom stereocenters. The van der Waals surface area contributed by atoms with E-state index in [4.69, 9.17) is 21.7 Å². The van der Waals surface area contributed by atoms with Crippen LogP contribution in [0.25, 0.3) is 5.69 Å². The molecule has 9 heteroatoms. The van der Waals surface area contributed by atoms with Gasteiger partial charge in [-0.3, -0.25) is 9.78 Å². The minimum atomic E-state index is -0.165. The number of carbonyl (C=O) groups excluding carboxylic acids is 1. The second kappa shape index (κ2) is 10.4. The molecule has 39 heavy (non-hydrogen) atoms. The van der Waals surface area contributed by atoms with Crippen LogP contribution < -0.4 is 20.1 Å². The van der Waals surface area contributed by atoms with Crippen LogP contribution in [0.5, 0.6) is 11.5 Å². The molecule has 2 aromatic heterocycles. The van der Waals surface area contributed by atoms with Gasteiger partial charge in [-0.05, 0) is 74.1 Å². The second-order valence-electron chi connectivity index (χ2n) is 9.68. The third kappa shape index (κ3) is 4.81. The number of fused-ring (bicyclic) bond motifs is 1. The van der Waals surface area contributed by atoms with Gasteiger partial charge in [-0.2, -0.15) is 0 Å². The van der Waals surface area contributed by atoms with E-state index in [-0.39, 0.29) is 24.8 Å². The highest BCUT2D eigenvalue weighted by Gasteiger charge is 2.41. The summed E-state index contributed by atoms with van der Waals surface area (Å²) in [6.07, 6.45) is 2.09. The van der Waals surface area contributed by atoms with Gasteiger partial charge in [0.1, 0.15) is 0 Å².